The Kier molecular flexibility index (Phi) is 7.16. The van der Waals surface area contributed by atoms with Gasteiger partial charge in [0.2, 0.25) is 0 Å². The zero-order chi connectivity index (χ0) is 23.9. The van der Waals surface area contributed by atoms with Crippen molar-refractivity contribution in [3.8, 4) is 34.4 Å². The number of rotatable bonds is 9. The van der Waals surface area contributed by atoms with Crippen LogP contribution in [0.25, 0.3) is 16.8 Å². The van der Waals surface area contributed by atoms with Gasteiger partial charge in [-0.15, -0.1) is 11.6 Å². The highest BCUT2D eigenvalue weighted by molar-refractivity contribution is 6.18. The zero-order valence-electron chi connectivity index (χ0n) is 18.4. The average Bonchev–Trinajstić information content (AvgIpc) is 3.27. The molecular weight excluding hydrogens is 448 g/mol. The summed E-state index contributed by atoms with van der Waals surface area (Å²) < 4.78 is 13.2. The summed E-state index contributed by atoms with van der Waals surface area (Å²) in [6.45, 7) is 0.847. The lowest BCUT2D eigenvalue weighted by molar-refractivity contribution is 0.306. The summed E-state index contributed by atoms with van der Waals surface area (Å²) in [6.07, 6.45) is 1.82. The van der Waals surface area contributed by atoms with Gasteiger partial charge in [0, 0.05) is 23.5 Å². The summed E-state index contributed by atoms with van der Waals surface area (Å²) >= 11 is 5.73. The molecule has 6 nitrogen and oxygen atoms in total. The first-order valence-corrected chi connectivity index (χ1v) is 11.2. The molecular formula is C27H23ClN4O2. The lowest BCUT2D eigenvalue weighted by Gasteiger charge is -2.10. The van der Waals surface area contributed by atoms with E-state index in [1.54, 1.807) is 4.57 Å². The van der Waals surface area contributed by atoms with Gasteiger partial charge in [-0.1, -0.05) is 48.5 Å². The Bertz CT molecular complexity index is 1330. The van der Waals surface area contributed by atoms with E-state index in [2.05, 4.69) is 6.07 Å². The highest BCUT2D eigenvalue weighted by Crippen LogP contribution is 2.32. The van der Waals surface area contributed by atoms with Crippen LogP contribution < -0.4 is 15.2 Å². The lowest BCUT2D eigenvalue weighted by Crippen LogP contribution is -2.17. The molecule has 0 bridgehead atoms. The number of hydrogen-bond donors (Lipinski definition) is 2. The largest absolute Gasteiger partial charge is 0.492 e. The van der Waals surface area contributed by atoms with E-state index in [-0.39, 0.29) is 5.84 Å². The first kappa shape index (κ1) is 23.0. The number of nitrogens with zero attached hydrogens (tertiary/aromatic N) is 2. The molecule has 7 heteroatoms. The molecule has 0 saturated heterocycles. The first-order valence-electron chi connectivity index (χ1n) is 10.7. The van der Waals surface area contributed by atoms with Gasteiger partial charge in [0.1, 0.15) is 42.3 Å². The van der Waals surface area contributed by atoms with E-state index in [0.29, 0.717) is 41.7 Å². The van der Waals surface area contributed by atoms with Crippen LogP contribution in [0.15, 0.2) is 85.1 Å². The van der Waals surface area contributed by atoms with E-state index in [0.717, 1.165) is 22.6 Å². The highest BCUT2D eigenvalue weighted by atomic mass is 35.5. The SMILES string of the molecule is N#Cc1c(-c2ccc(OCc3ccccc3)cc2)cn(-c2cccc(OCCCl)c2)c1C(=N)N. The molecule has 4 aromatic rings. The number of nitrogen functional groups attached to an aromatic ring is 1. The number of ether oxygens (including phenoxy) is 2. The predicted octanol–water partition coefficient (Wildman–Crippen LogP) is 5.50. The normalized spacial score (nSPS) is 10.5. The number of amidine groups is 1. The molecule has 170 valence electrons. The first-order chi connectivity index (χ1) is 16.6. The molecule has 0 saturated carbocycles. The van der Waals surface area contributed by atoms with Crippen LogP contribution in [0.4, 0.5) is 0 Å². The molecule has 0 amide bonds. The fourth-order valence-corrected chi connectivity index (χ4v) is 3.73. The summed E-state index contributed by atoms with van der Waals surface area (Å²) in [7, 11) is 0. The fraction of sp³-hybridized carbons (Fsp3) is 0.111. The molecule has 0 atom stereocenters. The number of halogens is 1. The van der Waals surface area contributed by atoms with Gasteiger partial charge in [-0.3, -0.25) is 5.41 Å². The number of aromatic nitrogens is 1. The van der Waals surface area contributed by atoms with Crippen LogP contribution in [0.3, 0.4) is 0 Å². The number of benzene rings is 3. The number of nitriles is 1. The quantitative estimate of drug-likeness (QED) is 0.192. The number of alkyl halides is 1. The Hall–Kier alpha value is -4.21. The number of nitrogens with one attached hydrogen (secondary N) is 1. The van der Waals surface area contributed by atoms with Crippen LogP contribution in [0.1, 0.15) is 16.8 Å². The molecule has 3 aromatic carbocycles. The average molecular weight is 471 g/mol. The lowest BCUT2D eigenvalue weighted by atomic mass is 10.0. The Balaban J connectivity index is 1.66. The molecule has 0 aliphatic rings. The molecule has 3 N–H and O–H groups in total. The van der Waals surface area contributed by atoms with Crippen molar-refractivity contribution in [1.29, 1.82) is 10.7 Å². The Morgan fingerprint density at radius 1 is 0.971 bits per heavy atom. The van der Waals surface area contributed by atoms with E-state index < -0.39 is 0 Å². The maximum Gasteiger partial charge on any atom is 0.141 e. The molecule has 0 aliphatic carbocycles. The van der Waals surface area contributed by atoms with Crippen molar-refractivity contribution in [3.63, 3.8) is 0 Å². The molecule has 0 aliphatic heterocycles. The maximum atomic E-state index is 9.93. The standard InChI is InChI=1S/C27H23ClN4O2/c28-13-14-33-23-8-4-7-21(15-23)32-17-25(24(16-29)26(32)27(30)31)20-9-11-22(12-10-20)34-18-19-5-2-1-3-6-19/h1-12,15,17H,13-14,18H2,(H3,30,31). The van der Waals surface area contributed by atoms with Gasteiger partial charge >= 0.3 is 0 Å². The van der Waals surface area contributed by atoms with Gasteiger partial charge in [-0.05, 0) is 35.4 Å². The topological polar surface area (TPSA) is 97.0 Å². The third-order valence-corrected chi connectivity index (χ3v) is 5.38. The van der Waals surface area contributed by atoms with E-state index in [4.69, 9.17) is 32.2 Å². The second-order valence-electron chi connectivity index (χ2n) is 7.50. The van der Waals surface area contributed by atoms with Crippen LogP contribution in [0.2, 0.25) is 0 Å². The maximum absolute atomic E-state index is 9.93. The minimum absolute atomic E-state index is 0.197. The summed E-state index contributed by atoms with van der Waals surface area (Å²) in [5, 5.41) is 18.0. The van der Waals surface area contributed by atoms with Crippen molar-refractivity contribution in [2.75, 3.05) is 12.5 Å². The number of nitrogens with two attached hydrogens (primary N) is 1. The van der Waals surface area contributed by atoms with Gasteiger partial charge in [-0.25, -0.2) is 0 Å². The van der Waals surface area contributed by atoms with Crippen LogP contribution in [-0.4, -0.2) is 22.9 Å². The molecule has 0 fully saturated rings. The molecule has 1 aromatic heterocycles. The van der Waals surface area contributed by atoms with Crippen LogP contribution >= 0.6 is 11.6 Å². The van der Waals surface area contributed by atoms with Crippen molar-refractivity contribution in [1.82, 2.24) is 4.57 Å². The predicted molar refractivity (Wildman–Crippen MR) is 134 cm³/mol. The van der Waals surface area contributed by atoms with Crippen LogP contribution in [0.5, 0.6) is 11.5 Å². The van der Waals surface area contributed by atoms with Gasteiger partial charge in [0.05, 0.1) is 11.4 Å². The molecule has 4 rings (SSSR count). The summed E-state index contributed by atoms with van der Waals surface area (Å²) in [5.41, 5.74) is 9.86. The van der Waals surface area contributed by atoms with Crippen LogP contribution in [0, 0.1) is 16.7 Å². The third kappa shape index (κ3) is 5.06. The molecule has 1 heterocycles. The third-order valence-electron chi connectivity index (χ3n) is 5.23. The van der Waals surface area contributed by atoms with E-state index in [1.807, 2.05) is 85.1 Å². The van der Waals surface area contributed by atoms with Gasteiger partial charge < -0.3 is 19.8 Å². The summed E-state index contributed by atoms with van der Waals surface area (Å²) in [4.78, 5) is 0. The van der Waals surface area contributed by atoms with Crippen molar-refractivity contribution >= 4 is 17.4 Å². The molecule has 0 spiro atoms. The number of hydrogen-bond acceptors (Lipinski definition) is 4. The smallest absolute Gasteiger partial charge is 0.141 e. The van der Waals surface area contributed by atoms with Gasteiger partial charge in [-0.2, -0.15) is 5.26 Å². The fourth-order valence-electron chi connectivity index (χ4n) is 3.66. The minimum atomic E-state index is -0.197. The monoisotopic (exact) mass is 470 g/mol. The molecule has 34 heavy (non-hydrogen) atoms. The second-order valence-corrected chi connectivity index (χ2v) is 7.87. The van der Waals surface area contributed by atoms with E-state index in [9.17, 15) is 5.26 Å². The van der Waals surface area contributed by atoms with Gasteiger partial charge in [0.25, 0.3) is 0 Å². The van der Waals surface area contributed by atoms with E-state index >= 15 is 0 Å². The Morgan fingerprint density at radius 2 is 1.74 bits per heavy atom. The summed E-state index contributed by atoms with van der Waals surface area (Å²) in [6, 6.07) is 27.0. The van der Waals surface area contributed by atoms with Crippen molar-refractivity contribution in [2.45, 2.75) is 6.61 Å². The highest BCUT2D eigenvalue weighted by Gasteiger charge is 2.20. The Labute approximate surface area is 203 Å². The Morgan fingerprint density at radius 3 is 2.41 bits per heavy atom. The zero-order valence-corrected chi connectivity index (χ0v) is 19.1. The van der Waals surface area contributed by atoms with Crippen LogP contribution in [-0.2, 0) is 6.61 Å². The van der Waals surface area contributed by atoms with Crippen molar-refractivity contribution < 1.29 is 9.47 Å². The molecule has 0 radical (unpaired) electrons. The second kappa shape index (κ2) is 10.6. The summed E-state index contributed by atoms with van der Waals surface area (Å²) in [5.74, 6) is 1.54. The molecule has 0 unspecified atom stereocenters. The van der Waals surface area contributed by atoms with Crippen molar-refractivity contribution in [3.05, 3.63) is 102 Å². The van der Waals surface area contributed by atoms with Gasteiger partial charge in [0.15, 0.2) is 0 Å². The van der Waals surface area contributed by atoms with E-state index in [1.165, 1.54) is 0 Å². The van der Waals surface area contributed by atoms with Crippen molar-refractivity contribution in [2.24, 2.45) is 5.73 Å². The minimum Gasteiger partial charge on any atom is -0.492 e.